The maximum atomic E-state index is 10.8. The summed E-state index contributed by atoms with van der Waals surface area (Å²) in [5.74, 6) is -0.961. The third kappa shape index (κ3) is 11.5. The van der Waals surface area contributed by atoms with E-state index < -0.39 is 5.97 Å². The van der Waals surface area contributed by atoms with E-state index >= 15 is 0 Å². The fourth-order valence-electron chi connectivity index (χ4n) is 2.12. The average molecular weight is 265 g/mol. The molecule has 0 aliphatic carbocycles. The van der Waals surface area contributed by atoms with Crippen LogP contribution in [-0.4, -0.2) is 11.1 Å². The van der Waals surface area contributed by atoms with Crippen molar-refractivity contribution in [2.75, 3.05) is 0 Å². The number of nitriles is 1. The summed E-state index contributed by atoms with van der Waals surface area (Å²) >= 11 is 0. The van der Waals surface area contributed by atoms with E-state index in [0.717, 1.165) is 18.9 Å². The van der Waals surface area contributed by atoms with E-state index in [-0.39, 0.29) is 5.57 Å². The fraction of sp³-hybridized carbons (Fsp3) is 0.750. The Bertz CT molecular complexity index is 302. The molecule has 0 atom stereocenters. The van der Waals surface area contributed by atoms with Crippen LogP contribution in [0.4, 0.5) is 0 Å². The minimum atomic E-state index is -0.961. The van der Waals surface area contributed by atoms with Gasteiger partial charge in [-0.05, 0) is 12.8 Å². The second-order valence-corrected chi connectivity index (χ2v) is 5.04. The zero-order valence-corrected chi connectivity index (χ0v) is 12.2. The Labute approximate surface area is 117 Å². The molecule has 0 unspecified atom stereocenters. The van der Waals surface area contributed by atoms with Crippen LogP contribution in [0.1, 0.15) is 77.6 Å². The second kappa shape index (κ2) is 13.1. The molecular weight excluding hydrogens is 238 g/mol. The smallest absolute Gasteiger partial charge is 0.332 e. The molecule has 0 aliphatic rings. The van der Waals surface area contributed by atoms with Gasteiger partial charge in [-0.3, -0.25) is 0 Å². The average Bonchev–Trinajstić information content (AvgIpc) is 2.39. The molecule has 0 radical (unpaired) electrons. The van der Waals surface area contributed by atoms with E-state index in [1.54, 1.807) is 6.07 Å². The Hall–Kier alpha value is -1.30. The van der Waals surface area contributed by atoms with Crippen molar-refractivity contribution < 1.29 is 9.90 Å². The van der Waals surface area contributed by atoms with Crippen molar-refractivity contribution in [1.29, 1.82) is 5.26 Å². The molecule has 0 aromatic rings. The third-order valence-electron chi connectivity index (χ3n) is 3.31. The number of carbonyl (C=O) groups is 1. The van der Waals surface area contributed by atoms with Crippen molar-refractivity contribution in [1.82, 2.24) is 0 Å². The lowest BCUT2D eigenvalue weighted by atomic mass is 10.0. The number of carboxylic acids is 1. The molecule has 3 heteroatoms. The molecule has 0 fully saturated rings. The van der Waals surface area contributed by atoms with E-state index in [4.69, 9.17) is 10.4 Å². The predicted octanol–water partition coefficient (Wildman–Crippen LogP) is 4.83. The molecule has 0 aromatic heterocycles. The van der Waals surface area contributed by atoms with E-state index in [2.05, 4.69) is 6.92 Å². The lowest BCUT2D eigenvalue weighted by Crippen LogP contribution is -2.00. The number of rotatable bonds is 12. The Morgan fingerprint density at radius 1 is 1.00 bits per heavy atom. The van der Waals surface area contributed by atoms with Crippen LogP contribution in [-0.2, 0) is 4.79 Å². The zero-order valence-electron chi connectivity index (χ0n) is 12.2. The minimum absolute atomic E-state index is 0.238. The first-order valence-corrected chi connectivity index (χ1v) is 7.54. The highest BCUT2D eigenvalue weighted by molar-refractivity contribution is 5.87. The fourth-order valence-corrected chi connectivity index (χ4v) is 2.12. The van der Waals surface area contributed by atoms with Crippen molar-refractivity contribution in [3.63, 3.8) is 0 Å². The molecule has 0 aromatic carbocycles. The van der Waals surface area contributed by atoms with Crippen molar-refractivity contribution in [2.45, 2.75) is 77.6 Å². The number of unbranched alkanes of at least 4 members (excludes halogenated alkanes) is 9. The van der Waals surface area contributed by atoms with Crippen LogP contribution < -0.4 is 0 Å². The lowest BCUT2D eigenvalue weighted by Gasteiger charge is -2.03. The summed E-state index contributed by atoms with van der Waals surface area (Å²) in [5.41, 5.74) is 0.238. The topological polar surface area (TPSA) is 61.1 Å². The van der Waals surface area contributed by atoms with Crippen molar-refractivity contribution in [2.24, 2.45) is 0 Å². The largest absolute Gasteiger partial charge is 0.478 e. The monoisotopic (exact) mass is 265 g/mol. The molecule has 1 N–H and O–H groups in total. The summed E-state index contributed by atoms with van der Waals surface area (Å²) in [5, 5.41) is 17.3. The van der Waals surface area contributed by atoms with Gasteiger partial charge in [-0.2, -0.15) is 5.26 Å². The second-order valence-electron chi connectivity index (χ2n) is 5.04. The van der Waals surface area contributed by atoms with E-state index in [1.165, 1.54) is 51.4 Å². The maximum Gasteiger partial charge on any atom is 0.332 e. The van der Waals surface area contributed by atoms with Gasteiger partial charge < -0.3 is 5.11 Å². The first kappa shape index (κ1) is 17.7. The van der Waals surface area contributed by atoms with Crippen LogP contribution in [0.3, 0.4) is 0 Å². The molecule has 0 amide bonds. The molecule has 0 saturated carbocycles. The number of allylic oxidation sites excluding steroid dienone is 1. The first-order chi connectivity index (χ1) is 9.22. The quantitative estimate of drug-likeness (QED) is 0.312. The van der Waals surface area contributed by atoms with Gasteiger partial charge in [-0.25, -0.2) is 4.79 Å². The van der Waals surface area contributed by atoms with Crippen LogP contribution >= 0.6 is 0 Å². The van der Waals surface area contributed by atoms with Crippen molar-refractivity contribution in [3.05, 3.63) is 11.6 Å². The Morgan fingerprint density at radius 3 is 1.89 bits per heavy atom. The number of nitrogens with zero attached hydrogens (tertiary/aromatic N) is 1. The van der Waals surface area contributed by atoms with Gasteiger partial charge in [0.15, 0.2) is 0 Å². The van der Waals surface area contributed by atoms with Gasteiger partial charge in [0.05, 0.1) is 6.07 Å². The SMILES string of the molecule is CCCCCCCCCCCCC(=CC#N)C(=O)O. The summed E-state index contributed by atoms with van der Waals surface area (Å²) in [6, 6.07) is 1.79. The van der Waals surface area contributed by atoms with Crippen LogP contribution in [0.5, 0.6) is 0 Å². The highest BCUT2D eigenvalue weighted by Crippen LogP contribution is 2.13. The summed E-state index contributed by atoms with van der Waals surface area (Å²) in [7, 11) is 0. The normalized spacial score (nSPS) is 11.3. The molecule has 0 spiro atoms. The number of aliphatic carboxylic acids is 1. The zero-order chi connectivity index (χ0) is 14.3. The van der Waals surface area contributed by atoms with Crippen molar-refractivity contribution in [3.8, 4) is 6.07 Å². The Balaban J connectivity index is 3.38. The number of hydrogen-bond donors (Lipinski definition) is 1. The number of hydrogen-bond acceptors (Lipinski definition) is 2. The maximum absolute atomic E-state index is 10.8. The summed E-state index contributed by atoms with van der Waals surface area (Å²) in [6.07, 6.45) is 14.0. The summed E-state index contributed by atoms with van der Waals surface area (Å²) < 4.78 is 0. The van der Waals surface area contributed by atoms with Crippen LogP contribution in [0.2, 0.25) is 0 Å². The highest BCUT2D eigenvalue weighted by Gasteiger charge is 2.05. The molecule has 108 valence electrons. The van der Waals surface area contributed by atoms with E-state index in [0.29, 0.717) is 6.42 Å². The molecule has 0 rings (SSSR count). The molecule has 0 aliphatic heterocycles. The van der Waals surface area contributed by atoms with Crippen LogP contribution in [0, 0.1) is 11.3 Å². The molecule has 3 nitrogen and oxygen atoms in total. The minimum Gasteiger partial charge on any atom is -0.478 e. The lowest BCUT2D eigenvalue weighted by molar-refractivity contribution is -0.132. The van der Waals surface area contributed by atoms with Gasteiger partial charge in [0.25, 0.3) is 0 Å². The van der Waals surface area contributed by atoms with Crippen molar-refractivity contribution >= 4 is 5.97 Å². The van der Waals surface area contributed by atoms with Gasteiger partial charge >= 0.3 is 5.97 Å². The predicted molar refractivity (Wildman–Crippen MR) is 77.8 cm³/mol. The van der Waals surface area contributed by atoms with Gasteiger partial charge in [0.1, 0.15) is 0 Å². The molecule has 19 heavy (non-hydrogen) atoms. The standard InChI is InChI=1S/C16H27NO2/c1-2-3-4-5-6-7-8-9-10-11-12-15(13-14-17)16(18)19/h13H,2-12H2,1H3,(H,18,19). The first-order valence-electron chi connectivity index (χ1n) is 7.54. The molecule has 0 heterocycles. The molecular formula is C16H27NO2. The molecule has 0 bridgehead atoms. The third-order valence-corrected chi connectivity index (χ3v) is 3.31. The Morgan fingerprint density at radius 2 is 1.47 bits per heavy atom. The number of carboxylic acid groups (broad SMARTS) is 1. The summed E-state index contributed by atoms with van der Waals surface area (Å²) in [4.78, 5) is 10.8. The van der Waals surface area contributed by atoms with Gasteiger partial charge in [0.2, 0.25) is 0 Å². The Kier molecular flexibility index (Phi) is 12.2. The van der Waals surface area contributed by atoms with Gasteiger partial charge in [-0.1, -0.05) is 64.7 Å². The van der Waals surface area contributed by atoms with Gasteiger partial charge in [0, 0.05) is 11.6 Å². The van der Waals surface area contributed by atoms with Crippen LogP contribution in [0.15, 0.2) is 11.6 Å². The highest BCUT2D eigenvalue weighted by atomic mass is 16.4. The summed E-state index contributed by atoms with van der Waals surface area (Å²) in [6.45, 7) is 2.23. The van der Waals surface area contributed by atoms with E-state index in [9.17, 15) is 4.79 Å². The molecule has 0 saturated heterocycles. The van der Waals surface area contributed by atoms with E-state index in [1.807, 2.05) is 0 Å². The van der Waals surface area contributed by atoms with Crippen LogP contribution in [0.25, 0.3) is 0 Å². The van der Waals surface area contributed by atoms with Gasteiger partial charge in [-0.15, -0.1) is 0 Å².